The van der Waals surface area contributed by atoms with Crippen molar-refractivity contribution in [1.29, 1.82) is 0 Å². The zero-order valence-corrected chi connectivity index (χ0v) is 14.2. The first-order valence-electron chi connectivity index (χ1n) is 9.05. The second kappa shape index (κ2) is 6.73. The number of ether oxygens (including phenoxy) is 2. The maximum atomic E-state index is 12.9. The molecule has 1 aromatic carbocycles. The number of rotatable bonds is 5. The molecule has 2 aliphatic heterocycles. The summed E-state index contributed by atoms with van der Waals surface area (Å²) in [7, 11) is 1.71. The highest BCUT2D eigenvalue weighted by atomic mass is 16.5. The summed E-state index contributed by atoms with van der Waals surface area (Å²) in [6.45, 7) is 3.52. The smallest absolute Gasteiger partial charge is 0.253 e. The number of carbonyl (C=O) groups excluding carboxylic acids is 1. The van der Waals surface area contributed by atoms with Gasteiger partial charge in [0, 0.05) is 50.4 Å². The fraction of sp³-hybridized carbons (Fsp3) is 0.632. The quantitative estimate of drug-likeness (QED) is 0.898. The van der Waals surface area contributed by atoms with Gasteiger partial charge >= 0.3 is 0 Å². The van der Waals surface area contributed by atoms with Crippen molar-refractivity contribution in [3.63, 3.8) is 0 Å². The van der Waals surface area contributed by atoms with Gasteiger partial charge in [-0.3, -0.25) is 4.79 Å². The second-order valence-corrected chi connectivity index (χ2v) is 7.12. The lowest BCUT2D eigenvalue weighted by atomic mass is 9.67. The Morgan fingerprint density at radius 2 is 2.12 bits per heavy atom. The van der Waals surface area contributed by atoms with Crippen LogP contribution in [-0.2, 0) is 9.47 Å². The Morgan fingerprint density at radius 1 is 1.33 bits per heavy atom. The van der Waals surface area contributed by atoms with Crippen LogP contribution in [0.15, 0.2) is 24.3 Å². The van der Waals surface area contributed by atoms with Crippen LogP contribution < -0.4 is 10.2 Å². The molecule has 1 amide bonds. The van der Waals surface area contributed by atoms with Gasteiger partial charge in [0.05, 0.1) is 18.3 Å². The van der Waals surface area contributed by atoms with Gasteiger partial charge in [-0.2, -0.15) is 0 Å². The highest BCUT2D eigenvalue weighted by Crippen LogP contribution is 2.44. The molecule has 2 saturated heterocycles. The van der Waals surface area contributed by atoms with Crippen LogP contribution in [0.1, 0.15) is 29.6 Å². The number of hydrogen-bond acceptors (Lipinski definition) is 4. The largest absolute Gasteiger partial charge is 0.384 e. The van der Waals surface area contributed by atoms with Crippen molar-refractivity contribution < 1.29 is 14.3 Å². The molecule has 1 aromatic rings. The van der Waals surface area contributed by atoms with E-state index in [4.69, 9.17) is 9.47 Å². The first kappa shape index (κ1) is 15.9. The lowest BCUT2D eigenvalue weighted by Crippen LogP contribution is -2.62. The standard InChI is InChI=1S/C19H26N2O3/c1-23-12-15-17(14-8-11-24-18(14)15)20-19(22)13-6-2-3-7-16(13)21-9-4-5-10-21/h2-3,6-7,14-15,17-18H,4-5,8-12H2,1H3,(H,20,22)/t14-,15+,17-,18-/m0/s1. The van der Waals surface area contributed by atoms with Crippen LogP contribution in [0.5, 0.6) is 0 Å². The molecule has 3 fully saturated rings. The van der Waals surface area contributed by atoms with E-state index in [1.54, 1.807) is 7.11 Å². The molecule has 0 aromatic heterocycles. The van der Waals surface area contributed by atoms with Crippen molar-refractivity contribution in [2.24, 2.45) is 11.8 Å². The van der Waals surface area contributed by atoms with Crippen molar-refractivity contribution in [2.75, 3.05) is 38.3 Å². The van der Waals surface area contributed by atoms with E-state index in [1.165, 1.54) is 12.8 Å². The van der Waals surface area contributed by atoms with Crippen LogP contribution in [-0.4, -0.2) is 51.5 Å². The Labute approximate surface area is 143 Å². The summed E-state index contributed by atoms with van der Waals surface area (Å²) in [5, 5.41) is 3.28. The minimum atomic E-state index is 0.0361. The minimum absolute atomic E-state index is 0.0361. The molecule has 130 valence electrons. The molecule has 4 atom stereocenters. The van der Waals surface area contributed by atoms with Gasteiger partial charge in [0.15, 0.2) is 0 Å². The molecular formula is C19H26N2O3. The molecule has 0 spiro atoms. The van der Waals surface area contributed by atoms with Crippen LogP contribution in [0, 0.1) is 11.8 Å². The summed E-state index contributed by atoms with van der Waals surface area (Å²) in [5.41, 5.74) is 1.85. The normalized spacial score (nSPS) is 31.6. The first-order valence-corrected chi connectivity index (χ1v) is 9.05. The van der Waals surface area contributed by atoms with Gasteiger partial charge in [-0.1, -0.05) is 12.1 Å². The average molecular weight is 330 g/mol. The molecule has 0 radical (unpaired) electrons. The van der Waals surface area contributed by atoms with Crippen LogP contribution in [0.4, 0.5) is 5.69 Å². The maximum absolute atomic E-state index is 12.9. The third kappa shape index (κ3) is 2.70. The Hall–Kier alpha value is -1.59. The third-order valence-corrected chi connectivity index (χ3v) is 5.78. The summed E-state index contributed by atoms with van der Waals surface area (Å²) in [4.78, 5) is 15.3. The molecule has 0 unspecified atom stereocenters. The van der Waals surface area contributed by atoms with E-state index in [-0.39, 0.29) is 24.0 Å². The van der Waals surface area contributed by atoms with Gasteiger partial charge in [0.25, 0.3) is 5.91 Å². The van der Waals surface area contributed by atoms with Crippen LogP contribution in [0.2, 0.25) is 0 Å². The Morgan fingerprint density at radius 3 is 2.92 bits per heavy atom. The molecule has 3 aliphatic rings. The predicted octanol–water partition coefficient (Wildman–Crippen LogP) is 2.07. The lowest BCUT2D eigenvalue weighted by molar-refractivity contribution is -0.0809. The van der Waals surface area contributed by atoms with Gasteiger partial charge in [0.2, 0.25) is 0 Å². The molecule has 5 nitrogen and oxygen atoms in total. The summed E-state index contributed by atoms with van der Waals surface area (Å²) < 4.78 is 11.1. The summed E-state index contributed by atoms with van der Waals surface area (Å²) in [6, 6.07) is 8.13. The van der Waals surface area contributed by atoms with Crippen LogP contribution in [0.25, 0.3) is 0 Å². The number of methoxy groups -OCH3 is 1. The Bertz CT molecular complexity index is 600. The van der Waals surface area contributed by atoms with Crippen LogP contribution >= 0.6 is 0 Å². The molecule has 1 N–H and O–H groups in total. The SMILES string of the molecule is COC[C@@H]1[C@@H](NC(=O)c2ccccc2N2CCCC2)[C@@H]2CCO[C@H]12. The van der Waals surface area contributed by atoms with E-state index < -0.39 is 0 Å². The first-order chi connectivity index (χ1) is 11.8. The third-order valence-electron chi connectivity index (χ3n) is 5.78. The van der Waals surface area contributed by atoms with E-state index in [9.17, 15) is 4.79 Å². The minimum Gasteiger partial charge on any atom is -0.384 e. The average Bonchev–Trinajstić information content (AvgIpc) is 3.27. The van der Waals surface area contributed by atoms with Crippen molar-refractivity contribution >= 4 is 11.6 Å². The lowest BCUT2D eigenvalue weighted by Gasteiger charge is -2.47. The number of hydrogen-bond donors (Lipinski definition) is 1. The number of amides is 1. The Kier molecular flexibility index (Phi) is 4.46. The maximum Gasteiger partial charge on any atom is 0.253 e. The summed E-state index contributed by atoms with van der Waals surface area (Å²) in [6.07, 6.45) is 3.69. The zero-order valence-electron chi connectivity index (χ0n) is 14.2. The molecule has 0 bridgehead atoms. The van der Waals surface area contributed by atoms with Crippen molar-refractivity contribution in [2.45, 2.75) is 31.4 Å². The van der Waals surface area contributed by atoms with Gasteiger partial charge < -0.3 is 19.7 Å². The number of benzene rings is 1. The molecular weight excluding hydrogens is 304 g/mol. The van der Waals surface area contributed by atoms with E-state index >= 15 is 0 Å². The summed E-state index contributed by atoms with van der Waals surface area (Å²) >= 11 is 0. The molecule has 4 rings (SSSR count). The number of nitrogens with zero attached hydrogens (tertiary/aromatic N) is 1. The van der Waals surface area contributed by atoms with Crippen molar-refractivity contribution in [1.82, 2.24) is 5.32 Å². The topological polar surface area (TPSA) is 50.8 Å². The van der Waals surface area contributed by atoms with E-state index in [2.05, 4.69) is 16.3 Å². The number of nitrogens with one attached hydrogen (secondary N) is 1. The monoisotopic (exact) mass is 330 g/mol. The van der Waals surface area contributed by atoms with Gasteiger partial charge in [-0.15, -0.1) is 0 Å². The Balaban J connectivity index is 1.50. The number of anilines is 1. The molecule has 24 heavy (non-hydrogen) atoms. The number of fused-ring (bicyclic) bond motifs is 1. The summed E-state index contributed by atoms with van der Waals surface area (Å²) in [5.74, 6) is 0.743. The molecule has 1 aliphatic carbocycles. The van der Waals surface area contributed by atoms with Gasteiger partial charge in [-0.05, 0) is 31.4 Å². The fourth-order valence-corrected chi connectivity index (χ4v) is 4.56. The zero-order chi connectivity index (χ0) is 16.5. The number of para-hydroxylation sites is 1. The van der Waals surface area contributed by atoms with Crippen molar-refractivity contribution in [3.05, 3.63) is 29.8 Å². The molecule has 5 heteroatoms. The van der Waals surface area contributed by atoms with Crippen molar-refractivity contribution in [3.8, 4) is 0 Å². The number of carbonyl (C=O) groups is 1. The van der Waals surface area contributed by atoms with Gasteiger partial charge in [-0.25, -0.2) is 0 Å². The van der Waals surface area contributed by atoms with Gasteiger partial charge in [0.1, 0.15) is 0 Å². The molecule has 1 saturated carbocycles. The van der Waals surface area contributed by atoms with E-state index in [1.807, 2.05) is 18.2 Å². The highest BCUT2D eigenvalue weighted by Gasteiger charge is 2.54. The molecule has 2 heterocycles. The predicted molar refractivity (Wildman–Crippen MR) is 92.4 cm³/mol. The van der Waals surface area contributed by atoms with E-state index in [0.717, 1.165) is 37.4 Å². The fourth-order valence-electron chi connectivity index (χ4n) is 4.56. The highest BCUT2D eigenvalue weighted by molar-refractivity contribution is 6.00. The van der Waals surface area contributed by atoms with Crippen LogP contribution in [0.3, 0.4) is 0 Å². The van der Waals surface area contributed by atoms with E-state index in [0.29, 0.717) is 12.5 Å². The second-order valence-electron chi connectivity index (χ2n) is 7.12.